The van der Waals surface area contributed by atoms with Crippen molar-refractivity contribution in [3.63, 3.8) is 0 Å². The van der Waals surface area contributed by atoms with Crippen LogP contribution in [-0.4, -0.2) is 24.0 Å². The fourth-order valence-corrected chi connectivity index (χ4v) is 2.50. The Bertz CT molecular complexity index is 613. The Morgan fingerprint density at radius 1 is 1.29 bits per heavy atom. The molecule has 0 fully saturated rings. The maximum atomic E-state index is 6.30. The summed E-state index contributed by atoms with van der Waals surface area (Å²) in [7, 11) is 3.13. The molecule has 1 aromatic carbocycles. The zero-order chi connectivity index (χ0) is 15.4. The SMILES string of the molecule is CCCn1cc(C(N)c2cc(Cl)c(OC)c(OC)c2)cn1. The minimum Gasteiger partial charge on any atom is -0.493 e. The Balaban J connectivity index is 2.33. The fraction of sp³-hybridized carbons (Fsp3) is 0.400. The summed E-state index contributed by atoms with van der Waals surface area (Å²) in [5, 5.41) is 4.77. The van der Waals surface area contributed by atoms with Crippen LogP contribution in [0.1, 0.15) is 30.5 Å². The monoisotopic (exact) mass is 309 g/mol. The molecule has 5 nitrogen and oxygen atoms in total. The maximum absolute atomic E-state index is 6.30. The summed E-state index contributed by atoms with van der Waals surface area (Å²) in [5.74, 6) is 1.08. The molecule has 1 atom stereocenters. The van der Waals surface area contributed by atoms with E-state index in [9.17, 15) is 0 Å². The van der Waals surface area contributed by atoms with Crippen molar-refractivity contribution < 1.29 is 9.47 Å². The number of methoxy groups -OCH3 is 2. The van der Waals surface area contributed by atoms with Crippen LogP contribution < -0.4 is 15.2 Å². The number of nitrogens with two attached hydrogens (primary N) is 1. The predicted molar refractivity (Wildman–Crippen MR) is 83.1 cm³/mol. The van der Waals surface area contributed by atoms with E-state index in [4.69, 9.17) is 26.8 Å². The van der Waals surface area contributed by atoms with Crippen LogP contribution in [0.5, 0.6) is 11.5 Å². The number of rotatable bonds is 6. The Labute approximate surface area is 129 Å². The molecule has 1 aromatic heterocycles. The number of hydrogen-bond donors (Lipinski definition) is 1. The number of nitrogens with zero attached hydrogens (tertiary/aromatic N) is 2. The second-order valence-corrected chi connectivity index (χ2v) is 5.16. The zero-order valence-electron chi connectivity index (χ0n) is 12.5. The lowest BCUT2D eigenvalue weighted by Crippen LogP contribution is -2.11. The Hall–Kier alpha value is -1.72. The first-order valence-corrected chi connectivity index (χ1v) is 7.17. The topological polar surface area (TPSA) is 62.3 Å². The highest BCUT2D eigenvalue weighted by atomic mass is 35.5. The molecule has 1 unspecified atom stereocenters. The largest absolute Gasteiger partial charge is 0.493 e. The van der Waals surface area contributed by atoms with Crippen molar-refractivity contribution in [3.05, 3.63) is 40.7 Å². The summed E-state index contributed by atoms with van der Waals surface area (Å²) >= 11 is 6.22. The Morgan fingerprint density at radius 3 is 2.67 bits per heavy atom. The lowest BCUT2D eigenvalue weighted by Gasteiger charge is -2.15. The summed E-state index contributed by atoms with van der Waals surface area (Å²) in [6.45, 7) is 2.98. The van der Waals surface area contributed by atoms with Gasteiger partial charge >= 0.3 is 0 Å². The average Bonchev–Trinajstić information content (AvgIpc) is 2.94. The van der Waals surface area contributed by atoms with Gasteiger partial charge in [-0.2, -0.15) is 5.10 Å². The van der Waals surface area contributed by atoms with Crippen LogP contribution in [0.3, 0.4) is 0 Å². The number of aryl methyl sites for hydroxylation is 1. The highest BCUT2D eigenvalue weighted by molar-refractivity contribution is 6.32. The van der Waals surface area contributed by atoms with E-state index in [0.29, 0.717) is 16.5 Å². The van der Waals surface area contributed by atoms with Crippen molar-refractivity contribution >= 4 is 11.6 Å². The van der Waals surface area contributed by atoms with Gasteiger partial charge in [-0.1, -0.05) is 18.5 Å². The first-order valence-electron chi connectivity index (χ1n) is 6.80. The standard InChI is InChI=1S/C15H20ClN3O2/c1-4-5-19-9-11(8-18-19)14(17)10-6-12(16)15(21-3)13(7-10)20-2/h6-9,14H,4-5,17H2,1-3H3. The van der Waals surface area contributed by atoms with Gasteiger partial charge in [0, 0.05) is 18.3 Å². The van der Waals surface area contributed by atoms with Crippen LogP contribution in [0.4, 0.5) is 0 Å². The van der Waals surface area contributed by atoms with Gasteiger partial charge in [0.1, 0.15) is 0 Å². The number of aromatic nitrogens is 2. The molecule has 0 radical (unpaired) electrons. The number of halogens is 1. The highest BCUT2D eigenvalue weighted by Gasteiger charge is 2.17. The molecule has 0 saturated carbocycles. The van der Waals surface area contributed by atoms with Crippen LogP contribution in [0.2, 0.25) is 5.02 Å². The van der Waals surface area contributed by atoms with Crippen molar-refractivity contribution in [1.29, 1.82) is 0 Å². The number of hydrogen-bond acceptors (Lipinski definition) is 4. The maximum Gasteiger partial charge on any atom is 0.179 e. The van der Waals surface area contributed by atoms with Gasteiger partial charge in [-0.3, -0.25) is 4.68 Å². The molecule has 1 heterocycles. The van der Waals surface area contributed by atoms with Crippen LogP contribution in [-0.2, 0) is 6.54 Å². The van der Waals surface area contributed by atoms with Gasteiger partial charge in [-0.05, 0) is 24.1 Å². The van der Waals surface area contributed by atoms with Gasteiger partial charge in [0.15, 0.2) is 11.5 Å². The van der Waals surface area contributed by atoms with Gasteiger partial charge in [0.05, 0.1) is 31.5 Å². The van der Waals surface area contributed by atoms with Crippen molar-refractivity contribution in [2.75, 3.05) is 14.2 Å². The van der Waals surface area contributed by atoms with E-state index in [2.05, 4.69) is 12.0 Å². The van der Waals surface area contributed by atoms with E-state index < -0.39 is 0 Å². The van der Waals surface area contributed by atoms with Crippen LogP contribution in [0, 0.1) is 0 Å². The van der Waals surface area contributed by atoms with Gasteiger partial charge in [0.25, 0.3) is 0 Å². The zero-order valence-corrected chi connectivity index (χ0v) is 13.2. The van der Waals surface area contributed by atoms with Gasteiger partial charge in [0.2, 0.25) is 0 Å². The third-order valence-electron chi connectivity index (χ3n) is 3.28. The van der Waals surface area contributed by atoms with Crippen molar-refractivity contribution in [3.8, 4) is 11.5 Å². The van der Waals surface area contributed by atoms with E-state index in [-0.39, 0.29) is 6.04 Å². The van der Waals surface area contributed by atoms with E-state index in [1.165, 1.54) is 0 Å². The molecule has 2 aromatic rings. The quantitative estimate of drug-likeness (QED) is 0.891. The minimum absolute atomic E-state index is 0.312. The molecule has 21 heavy (non-hydrogen) atoms. The van der Waals surface area contributed by atoms with Gasteiger partial charge in [-0.15, -0.1) is 0 Å². The number of benzene rings is 1. The molecule has 114 valence electrons. The smallest absolute Gasteiger partial charge is 0.179 e. The first-order chi connectivity index (χ1) is 10.1. The second kappa shape index (κ2) is 6.83. The summed E-state index contributed by atoms with van der Waals surface area (Å²) in [4.78, 5) is 0. The number of ether oxygens (including phenoxy) is 2. The molecule has 6 heteroatoms. The van der Waals surface area contributed by atoms with E-state index in [0.717, 1.165) is 24.1 Å². The lowest BCUT2D eigenvalue weighted by molar-refractivity contribution is 0.354. The summed E-state index contributed by atoms with van der Waals surface area (Å²) < 4.78 is 12.4. The predicted octanol–water partition coefficient (Wildman–Crippen LogP) is 3.01. The first kappa shape index (κ1) is 15.7. The van der Waals surface area contributed by atoms with E-state index in [1.54, 1.807) is 26.5 Å². The van der Waals surface area contributed by atoms with Gasteiger partial charge < -0.3 is 15.2 Å². The molecule has 0 aliphatic carbocycles. The third kappa shape index (κ3) is 3.31. The van der Waals surface area contributed by atoms with Gasteiger partial charge in [-0.25, -0.2) is 0 Å². The molecule has 2 N–H and O–H groups in total. The summed E-state index contributed by atoms with van der Waals surface area (Å²) in [6, 6.07) is 3.32. The molecular weight excluding hydrogens is 290 g/mol. The summed E-state index contributed by atoms with van der Waals surface area (Å²) in [5.41, 5.74) is 8.09. The lowest BCUT2D eigenvalue weighted by atomic mass is 10.0. The molecule has 0 saturated heterocycles. The average molecular weight is 310 g/mol. The molecular formula is C15H20ClN3O2. The molecule has 0 aliphatic rings. The molecule has 0 bridgehead atoms. The van der Waals surface area contributed by atoms with E-state index >= 15 is 0 Å². The van der Waals surface area contributed by atoms with Crippen molar-refractivity contribution in [1.82, 2.24) is 9.78 Å². The molecule has 0 aliphatic heterocycles. The van der Waals surface area contributed by atoms with Crippen LogP contribution in [0.15, 0.2) is 24.5 Å². The summed E-state index contributed by atoms with van der Waals surface area (Å²) in [6.07, 6.45) is 4.77. The minimum atomic E-state index is -0.312. The Morgan fingerprint density at radius 2 is 2.05 bits per heavy atom. The fourth-order valence-electron chi connectivity index (χ4n) is 2.20. The second-order valence-electron chi connectivity index (χ2n) is 4.75. The molecule has 0 amide bonds. The molecule has 0 spiro atoms. The van der Waals surface area contributed by atoms with E-state index in [1.807, 2.05) is 16.9 Å². The molecule has 2 rings (SSSR count). The van der Waals surface area contributed by atoms with Crippen molar-refractivity contribution in [2.24, 2.45) is 5.73 Å². The van der Waals surface area contributed by atoms with Crippen LogP contribution in [0.25, 0.3) is 0 Å². The van der Waals surface area contributed by atoms with Crippen molar-refractivity contribution in [2.45, 2.75) is 25.9 Å². The Kier molecular flexibility index (Phi) is 5.09. The third-order valence-corrected chi connectivity index (χ3v) is 3.56. The van der Waals surface area contributed by atoms with Crippen LogP contribution >= 0.6 is 11.6 Å². The normalized spacial score (nSPS) is 12.2. The highest BCUT2D eigenvalue weighted by Crippen LogP contribution is 2.38.